The fourth-order valence-electron chi connectivity index (χ4n) is 3.29. The summed E-state index contributed by atoms with van der Waals surface area (Å²) >= 11 is 0. The van der Waals surface area contributed by atoms with Crippen LogP contribution in [0.5, 0.6) is 0 Å². The fraction of sp³-hybridized carbons (Fsp3) is 0.333. The van der Waals surface area contributed by atoms with Crippen LogP contribution in [0.3, 0.4) is 0 Å². The zero-order chi connectivity index (χ0) is 17.3. The van der Waals surface area contributed by atoms with E-state index in [-0.39, 0.29) is 0 Å². The Hall–Kier alpha value is -2.26. The average Bonchev–Trinajstić information content (AvgIpc) is 2.82. The first-order chi connectivity index (χ1) is 11.5. The highest BCUT2D eigenvalue weighted by molar-refractivity contribution is 5.85. The molecule has 24 heavy (non-hydrogen) atoms. The largest absolute Gasteiger partial charge is 0.389 e. The Morgan fingerprint density at radius 2 is 1.71 bits per heavy atom. The first-order valence-electron chi connectivity index (χ1n) is 8.51. The van der Waals surface area contributed by atoms with E-state index in [9.17, 15) is 5.11 Å². The number of hydrogen-bond donors (Lipinski definition) is 2. The lowest BCUT2D eigenvalue weighted by atomic mass is 10.1. The third kappa shape index (κ3) is 3.04. The molecule has 0 bridgehead atoms. The average molecular weight is 322 g/mol. The number of aryl methyl sites for hydroxylation is 2. The van der Waals surface area contributed by atoms with Crippen LogP contribution >= 0.6 is 0 Å². The molecule has 0 spiro atoms. The molecule has 3 rings (SSSR count). The van der Waals surface area contributed by atoms with Gasteiger partial charge < -0.3 is 15.0 Å². The summed E-state index contributed by atoms with van der Waals surface area (Å²) in [6, 6.07) is 14.6. The van der Waals surface area contributed by atoms with E-state index in [0.29, 0.717) is 13.1 Å². The van der Waals surface area contributed by atoms with E-state index in [0.717, 1.165) is 5.69 Å². The predicted octanol–water partition coefficient (Wildman–Crippen LogP) is 4.35. The summed E-state index contributed by atoms with van der Waals surface area (Å²) in [5, 5.41) is 15.2. The minimum atomic E-state index is -0.446. The Balaban J connectivity index is 1.75. The smallest absolute Gasteiger partial charge is 0.0891 e. The van der Waals surface area contributed by atoms with Crippen LogP contribution in [0.2, 0.25) is 0 Å². The summed E-state index contributed by atoms with van der Waals surface area (Å²) in [7, 11) is 0. The van der Waals surface area contributed by atoms with E-state index < -0.39 is 6.10 Å². The number of benzene rings is 2. The van der Waals surface area contributed by atoms with Gasteiger partial charge in [-0.05, 0) is 56.5 Å². The van der Waals surface area contributed by atoms with Gasteiger partial charge >= 0.3 is 0 Å². The predicted molar refractivity (Wildman–Crippen MR) is 102 cm³/mol. The first kappa shape index (κ1) is 16.6. The van der Waals surface area contributed by atoms with Crippen LogP contribution in [-0.4, -0.2) is 22.3 Å². The summed E-state index contributed by atoms with van der Waals surface area (Å²) in [5.74, 6) is 0. The molecule has 1 heterocycles. The van der Waals surface area contributed by atoms with Crippen LogP contribution < -0.4 is 5.32 Å². The van der Waals surface area contributed by atoms with Crippen LogP contribution in [0.1, 0.15) is 22.4 Å². The molecular formula is C21H26N2O. The standard InChI is InChI=1S/C21H26N2O/c1-14-8-7-10-20(15(14)2)22-12-18(24)13-23-17(4)16(3)19-9-5-6-11-21(19)23/h5-11,18,22,24H,12-13H2,1-4H3/t18-/m1/s1. The number of nitrogens with zero attached hydrogens (tertiary/aromatic N) is 1. The molecule has 0 aliphatic carbocycles. The molecule has 0 saturated heterocycles. The van der Waals surface area contributed by atoms with Gasteiger partial charge in [0.05, 0.1) is 12.6 Å². The molecule has 0 saturated carbocycles. The van der Waals surface area contributed by atoms with Gasteiger partial charge in [-0.3, -0.25) is 0 Å². The van der Waals surface area contributed by atoms with E-state index in [4.69, 9.17) is 0 Å². The van der Waals surface area contributed by atoms with Crippen LogP contribution in [0, 0.1) is 27.7 Å². The maximum absolute atomic E-state index is 10.5. The minimum Gasteiger partial charge on any atom is -0.389 e. The quantitative estimate of drug-likeness (QED) is 0.733. The fourth-order valence-corrected chi connectivity index (χ4v) is 3.29. The maximum Gasteiger partial charge on any atom is 0.0891 e. The number of hydrogen-bond acceptors (Lipinski definition) is 2. The maximum atomic E-state index is 10.5. The van der Waals surface area contributed by atoms with Crippen molar-refractivity contribution in [3.63, 3.8) is 0 Å². The molecule has 0 aliphatic rings. The highest BCUT2D eigenvalue weighted by Gasteiger charge is 2.14. The van der Waals surface area contributed by atoms with E-state index >= 15 is 0 Å². The van der Waals surface area contributed by atoms with Crippen LogP contribution in [0.15, 0.2) is 42.5 Å². The molecule has 0 fully saturated rings. The normalized spacial score (nSPS) is 12.5. The SMILES string of the molecule is Cc1cccc(NC[C@@H](O)Cn2c(C)c(C)c3ccccc32)c1C. The summed E-state index contributed by atoms with van der Waals surface area (Å²) in [6.45, 7) is 9.62. The Kier molecular flexibility index (Phi) is 4.63. The van der Waals surface area contributed by atoms with Crippen molar-refractivity contribution in [1.82, 2.24) is 4.57 Å². The van der Waals surface area contributed by atoms with E-state index in [1.165, 1.54) is 33.3 Å². The summed E-state index contributed by atoms with van der Waals surface area (Å²) < 4.78 is 2.22. The minimum absolute atomic E-state index is 0.446. The molecule has 2 aromatic carbocycles. The van der Waals surface area contributed by atoms with Gasteiger partial charge in [0.25, 0.3) is 0 Å². The molecule has 0 radical (unpaired) electrons. The van der Waals surface area contributed by atoms with Gasteiger partial charge in [-0.25, -0.2) is 0 Å². The molecule has 126 valence electrons. The second-order valence-electron chi connectivity index (χ2n) is 6.62. The molecule has 0 aliphatic heterocycles. The van der Waals surface area contributed by atoms with Crippen molar-refractivity contribution in [2.24, 2.45) is 0 Å². The number of rotatable bonds is 5. The van der Waals surface area contributed by atoms with Crippen molar-refractivity contribution in [1.29, 1.82) is 0 Å². The van der Waals surface area contributed by atoms with Crippen molar-refractivity contribution >= 4 is 16.6 Å². The second kappa shape index (κ2) is 6.70. The van der Waals surface area contributed by atoms with E-state index in [2.05, 4.69) is 74.0 Å². The van der Waals surface area contributed by atoms with Crippen LogP contribution in [0.4, 0.5) is 5.69 Å². The highest BCUT2D eigenvalue weighted by atomic mass is 16.3. The molecule has 3 nitrogen and oxygen atoms in total. The van der Waals surface area contributed by atoms with Gasteiger partial charge in [0.1, 0.15) is 0 Å². The number of aliphatic hydroxyl groups excluding tert-OH is 1. The molecule has 1 aromatic heterocycles. The van der Waals surface area contributed by atoms with Crippen molar-refractivity contribution in [3.8, 4) is 0 Å². The lowest BCUT2D eigenvalue weighted by Gasteiger charge is -2.17. The lowest BCUT2D eigenvalue weighted by molar-refractivity contribution is 0.167. The van der Waals surface area contributed by atoms with E-state index in [1.54, 1.807) is 0 Å². The Morgan fingerprint density at radius 1 is 0.958 bits per heavy atom. The molecule has 0 unspecified atom stereocenters. The third-order valence-corrected chi connectivity index (χ3v) is 5.07. The Labute approximate surface area is 143 Å². The van der Waals surface area contributed by atoms with Crippen molar-refractivity contribution in [2.75, 3.05) is 11.9 Å². The van der Waals surface area contributed by atoms with Gasteiger partial charge in [-0.15, -0.1) is 0 Å². The number of aromatic nitrogens is 1. The number of para-hydroxylation sites is 1. The first-order valence-corrected chi connectivity index (χ1v) is 8.51. The van der Waals surface area contributed by atoms with Crippen LogP contribution in [0.25, 0.3) is 10.9 Å². The molecule has 3 aromatic rings. The number of anilines is 1. The molecule has 2 N–H and O–H groups in total. The van der Waals surface area contributed by atoms with Gasteiger partial charge in [-0.2, -0.15) is 0 Å². The second-order valence-corrected chi connectivity index (χ2v) is 6.62. The van der Waals surface area contributed by atoms with Gasteiger partial charge in [-0.1, -0.05) is 30.3 Å². The Morgan fingerprint density at radius 3 is 2.50 bits per heavy atom. The monoisotopic (exact) mass is 322 g/mol. The zero-order valence-electron chi connectivity index (χ0n) is 14.9. The molecule has 3 heteroatoms. The molecule has 0 amide bonds. The van der Waals surface area contributed by atoms with Crippen LogP contribution in [-0.2, 0) is 6.54 Å². The highest BCUT2D eigenvalue weighted by Crippen LogP contribution is 2.25. The van der Waals surface area contributed by atoms with Crippen molar-refractivity contribution in [2.45, 2.75) is 40.3 Å². The number of nitrogens with one attached hydrogen (secondary N) is 1. The lowest BCUT2D eigenvalue weighted by Crippen LogP contribution is -2.25. The van der Waals surface area contributed by atoms with Crippen molar-refractivity contribution in [3.05, 3.63) is 64.8 Å². The molecular weight excluding hydrogens is 296 g/mol. The zero-order valence-corrected chi connectivity index (χ0v) is 14.9. The third-order valence-electron chi connectivity index (χ3n) is 5.07. The van der Waals surface area contributed by atoms with Crippen molar-refractivity contribution < 1.29 is 5.11 Å². The number of fused-ring (bicyclic) bond motifs is 1. The number of aliphatic hydroxyl groups is 1. The topological polar surface area (TPSA) is 37.2 Å². The molecule has 1 atom stereocenters. The van der Waals surface area contributed by atoms with E-state index in [1.807, 2.05) is 6.07 Å². The summed E-state index contributed by atoms with van der Waals surface area (Å²) in [6.07, 6.45) is -0.446. The summed E-state index contributed by atoms with van der Waals surface area (Å²) in [4.78, 5) is 0. The Bertz CT molecular complexity index is 864. The van der Waals surface area contributed by atoms with Gasteiger partial charge in [0.2, 0.25) is 0 Å². The van der Waals surface area contributed by atoms with Gasteiger partial charge in [0.15, 0.2) is 0 Å². The van der Waals surface area contributed by atoms with Gasteiger partial charge in [0, 0.05) is 28.8 Å². The summed E-state index contributed by atoms with van der Waals surface area (Å²) in [5.41, 5.74) is 7.31.